The van der Waals surface area contributed by atoms with Gasteiger partial charge in [0.1, 0.15) is 5.75 Å². The quantitative estimate of drug-likeness (QED) is 0.723. The van der Waals surface area contributed by atoms with Crippen molar-refractivity contribution in [1.82, 2.24) is 5.32 Å². The van der Waals surface area contributed by atoms with Crippen molar-refractivity contribution in [3.63, 3.8) is 0 Å². The molecule has 1 saturated carbocycles. The number of hydrogen-bond donors (Lipinski definition) is 3. The first-order chi connectivity index (χ1) is 10.2. The molecule has 1 aromatic carbocycles. The van der Waals surface area contributed by atoms with Gasteiger partial charge in [-0.3, -0.25) is 4.79 Å². The minimum atomic E-state index is -0.179. The molecule has 2 rings (SSSR count). The fourth-order valence-corrected chi connectivity index (χ4v) is 3.02. The summed E-state index contributed by atoms with van der Waals surface area (Å²) in [7, 11) is 1.53. The lowest BCUT2D eigenvalue weighted by Gasteiger charge is -2.30. The molecule has 5 nitrogen and oxygen atoms in total. The van der Waals surface area contributed by atoms with Gasteiger partial charge in [0.2, 0.25) is 0 Å². The average Bonchev–Trinajstić information content (AvgIpc) is 2.52. The first-order valence-electron chi connectivity index (χ1n) is 7.48. The third-order valence-electron chi connectivity index (χ3n) is 4.29. The molecule has 21 heavy (non-hydrogen) atoms. The molecule has 1 fully saturated rings. The summed E-state index contributed by atoms with van der Waals surface area (Å²) in [5, 5.41) is 12.4. The fourth-order valence-electron chi connectivity index (χ4n) is 3.02. The molecule has 0 saturated heterocycles. The summed E-state index contributed by atoms with van der Waals surface area (Å²) >= 11 is 0. The van der Waals surface area contributed by atoms with E-state index in [0.29, 0.717) is 35.4 Å². The van der Waals surface area contributed by atoms with Crippen molar-refractivity contribution in [2.75, 3.05) is 26.0 Å². The van der Waals surface area contributed by atoms with Gasteiger partial charge in [0.15, 0.2) is 0 Å². The molecule has 2 atom stereocenters. The second-order valence-corrected chi connectivity index (χ2v) is 5.66. The Bertz CT molecular complexity index is 490. The Morgan fingerprint density at radius 1 is 1.38 bits per heavy atom. The largest absolute Gasteiger partial charge is 0.496 e. The van der Waals surface area contributed by atoms with Crippen LogP contribution in [0.5, 0.6) is 5.75 Å². The molecule has 0 aromatic heterocycles. The number of carbonyl (C=O) groups is 1. The molecule has 116 valence electrons. The number of carbonyl (C=O) groups excluding carboxylic acids is 1. The normalized spacial score (nSPS) is 21.8. The van der Waals surface area contributed by atoms with Crippen LogP contribution in [-0.4, -0.2) is 31.3 Å². The van der Waals surface area contributed by atoms with Gasteiger partial charge in [-0.1, -0.05) is 12.8 Å². The van der Waals surface area contributed by atoms with E-state index in [1.807, 2.05) is 0 Å². The van der Waals surface area contributed by atoms with E-state index in [2.05, 4.69) is 5.32 Å². The summed E-state index contributed by atoms with van der Waals surface area (Å²) < 4.78 is 5.20. The Labute approximate surface area is 125 Å². The van der Waals surface area contributed by atoms with Crippen molar-refractivity contribution in [2.45, 2.75) is 25.7 Å². The molecule has 1 aromatic rings. The molecule has 2 unspecified atom stereocenters. The number of aliphatic hydroxyl groups is 1. The Morgan fingerprint density at radius 3 is 2.76 bits per heavy atom. The number of ether oxygens (including phenoxy) is 1. The van der Waals surface area contributed by atoms with Gasteiger partial charge in [-0.15, -0.1) is 0 Å². The number of anilines is 1. The number of amides is 1. The Hall–Kier alpha value is -1.75. The standard InChI is InChI=1S/C16H24N2O3/c1-21-15-7-6-13(17)8-14(15)16(20)18-9-11-4-2-3-5-12(11)10-19/h6-8,11-12,19H,2-5,9-10,17H2,1H3,(H,18,20). The van der Waals surface area contributed by atoms with Crippen LogP contribution in [0.4, 0.5) is 5.69 Å². The molecule has 0 radical (unpaired) electrons. The van der Waals surface area contributed by atoms with Crippen LogP contribution in [0.1, 0.15) is 36.0 Å². The second-order valence-electron chi connectivity index (χ2n) is 5.66. The van der Waals surface area contributed by atoms with Gasteiger partial charge in [-0.05, 0) is 42.9 Å². The molecule has 0 heterocycles. The Kier molecular flexibility index (Phi) is 5.44. The lowest BCUT2D eigenvalue weighted by molar-refractivity contribution is 0.0906. The minimum Gasteiger partial charge on any atom is -0.496 e. The van der Waals surface area contributed by atoms with E-state index in [4.69, 9.17) is 10.5 Å². The number of hydrogen-bond acceptors (Lipinski definition) is 4. The van der Waals surface area contributed by atoms with E-state index < -0.39 is 0 Å². The number of methoxy groups -OCH3 is 1. The van der Waals surface area contributed by atoms with Gasteiger partial charge in [0.25, 0.3) is 5.91 Å². The van der Waals surface area contributed by atoms with Gasteiger partial charge in [-0.2, -0.15) is 0 Å². The maximum atomic E-state index is 12.3. The van der Waals surface area contributed by atoms with E-state index in [1.54, 1.807) is 18.2 Å². The molecule has 1 aliphatic carbocycles. The van der Waals surface area contributed by atoms with Crippen molar-refractivity contribution in [3.8, 4) is 5.75 Å². The third kappa shape index (κ3) is 3.88. The molecule has 1 amide bonds. The average molecular weight is 292 g/mol. The molecule has 0 bridgehead atoms. The highest BCUT2D eigenvalue weighted by atomic mass is 16.5. The van der Waals surface area contributed by atoms with Crippen LogP contribution in [0, 0.1) is 11.8 Å². The highest BCUT2D eigenvalue weighted by molar-refractivity contribution is 5.97. The third-order valence-corrected chi connectivity index (χ3v) is 4.29. The highest BCUT2D eigenvalue weighted by Gasteiger charge is 2.25. The zero-order valence-electron chi connectivity index (χ0n) is 12.5. The smallest absolute Gasteiger partial charge is 0.255 e. The Morgan fingerprint density at radius 2 is 2.10 bits per heavy atom. The number of nitrogens with one attached hydrogen (secondary N) is 1. The van der Waals surface area contributed by atoms with Crippen molar-refractivity contribution in [3.05, 3.63) is 23.8 Å². The molecule has 0 aliphatic heterocycles. The fraction of sp³-hybridized carbons (Fsp3) is 0.562. The first kappa shape index (κ1) is 15.6. The molecule has 4 N–H and O–H groups in total. The zero-order chi connectivity index (χ0) is 15.2. The molecule has 5 heteroatoms. The number of benzene rings is 1. The monoisotopic (exact) mass is 292 g/mol. The van der Waals surface area contributed by atoms with Crippen LogP contribution in [0.25, 0.3) is 0 Å². The summed E-state index contributed by atoms with van der Waals surface area (Å²) in [5.74, 6) is 0.979. The van der Waals surface area contributed by atoms with Crippen LogP contribution in [0.3, 0.4) is 0 Å². The number of nitrogen functional groups attached to an aromatic ring is 1. The van der Waals surface area contributed by atoms with Crippen LogP contribution in [-0.2, 0) is 0 Å². The molecule has 0 spiro atoms. The molecule has 1 aliphatic rings. The molecular formula is C16H24N2O3. The van der Waals surface area contributed by atoms with Crippen LogP contribution in [0.15, 0.2) is 18.2 Å². The molecular weight excluding hydrogens is 268 g/mol. The van der Waals surface area contributed by atoms with Gasteiger partial charge in [0, 0.05) is 18.8 Å². The van der Waals surface area contributed by atoms with Crippen molar-refractivity contribution in [1.29, 1.82) is 0 Å². The lowest BCUT2D eigenvalue weighted by atomic mass is 9.79. The maximum absolute atomic E-state index is 12.3. The summed E-state index contributed by atoms with van der Waals surface area (Å²) in [4.78, 5) is 12.3. The lowest BCUT2D eigenvalue weighted by Crippen LogP contribution is -2.35. The van der Waals surface area contributed by atoms with Crippen molar-refractivity contribution < 1.29 is 14.6 Å². The number of nitrogens with two attached hydrogens (primary N) is 1. The summed E-state index contributed by atoms with van der Waals surface area (Å²) in [6.07, 6.45) is 4.43. The van der Waals surface area contributed by atoms with Crippen LogP contribution in [0.2, 0.25) is 0 Å². The van der Waals surface area contributed by atoms with Gasteiger partial charge in [0.05, 0.1) is 12.7 Å². The number of rotatable bonds is 5. The highest BCUT2D eigenvalue weighted by Crippen LogP contribution is 2.29. The van der Waals surface area contributed by atoms with E-state index in [9.17, 15) is 9.90 Å². The summed E-state index contributed by atoms with van der Waals surface area (Å²) in [5.41, 5.74) is 6.72. The summed E-state index contributed by atoms with van der Waals surface area (Å²) in [6, 6.07) is 5.03. The first-order valence-corrected chi connectivity index (χ1v) is 7.48. The van der Waals surface area contributed by atoms with E-state index in [0.717, 1.165) is 12.8 Å². The van der Waals surface area contributed by atoms with Gasteiger partial charge in [-0.25, -0.2) is 0 Å². The van der Waals surface area contributed by atoms with Crippen LogP contribution >= 0.6 is 0 Å². The predicted octanol–water partition coefficient (Wildman–Crippen LogP) is 1.81. The van der Waals surface area contributed by atoms with Crippen LogP contribution < -0.4 is 15.8 Å². The van der Waals surface area contributed by atoms with E-state index in [1.165, 1.54) is 20.0 Å². The van der Waals surface area contributed by atoms with Gasteiger partial charge < -0.3 is 20.9 Å². The number of aliphatic hydroxyl groups excluding tert-OH is 1. The van der Waals surface area contributed by atoms with E-state index in [-0.39, 0.29) is 12.5 Å². The van der Waals surface area contributed by atoms with Crippen molar-refractivity contribution >= 4 is 11.6 Å². The summed E-state index contributed by atoms with van der Waals surface area (Å²) in [6.45, 7) is 0.782. The SMILES string of the molecule is COc1ccc(N)cc1C(=O)NCC1CCCCC1CO. The maximum Gasteiger partial charge on any atom is 0.255 e. The van der Waals surface area contributed by atoms with Gasteiger partial charge >= 0.3 is 0 Å². The zero-order valence-corrected chi connectivity index (χ0v) is 12.5. The van der Waals surface area contributed by atoms with Crippen molar-refractivity contribution in [2.24, 2.45) is 11.8 Å². The Balaban J connectivity index is 1.99. The topological polar surface area (TPSA) is 84.6 Å². The van der Waals surface area contributed by atoms with E-state index >= 15 is 0 Å². The second kappa shape index (κ2) is 7.31. The predicted molar refractivity (Wildman–Crippen MR) is 82.3 cm³/mol. The minimum absolute atomic E-state index is 0.179.